The van der Waals surface area contributed by atoms with E-state index >= 15 is 0 Å². The average molecular weight is 530 g/mol. The van der Waals surface area contributed by atoms with Crippen LogP contribution in [0.25, 0.3) is 0 Å². The van der Waals surface area contributed by atoms with Gasteiger partial charge in [-0.05, 0) is 55.2 Å². The normalized spacial score (nSPS) is 12.9. The summed E-state index contributed by atoms with van der Waals surface area (Å²) < 4.78 is 32.5. The largest absolute Gasteiger partial charge is 0.530 e. The first-order valence-corrected chi connectivity index (χ1v) is 11.6. The molecule has 1 atom stereocenters. The minimum Gasteiger partial charge on any atom is -0.409 e. The van der Waals surface area contributed by atoms with Crippen molar-refractivity contribution in [2.75, 3.05) is 0 Å². The topological polar surface area (TPSA) is 67.5 Å². The van der Waals surface area contributed by atoms with Gasteiger partial charge in [-0.15, -0.1) is 0 Å². The van der Waals surface area contributed by atoms with Gasteiger partial charge in [0.25, 0.3) is 0 Å². The zero-order valence-electron chi connectivity index (χ0n) is 19.3. The van der Waals surface area contributed by atoms with E-state index in [2.05, 4.69) is 44.5 Å². The fraction of sp³-hybridized carbons (Fsp3) is 0.143. The van der Waals surface area contributed by atoms with Crippen LogP contribution in [0.3, 0.4) is 0 Å². The minimum atomic E-state index is -1.59. The first kappa shape index (κ1) is 32.0. The molecule has 0 fully saturated rings. The molecule has 7 heteroatoms. The second kappa shape index (κ2) is 21.5. The molecule has 1 aliphatic carbocycles. The molecule has 5 nitrogen and oxygen atoms in total. The van der Waals surface area contributed by atoms with Crippen molar-refractivity contribution < 1.29 is 39.9 Å². The standard InChI is InChI=1S/C18H15O3P.C8H12.2CO.Fe/c1-4-10-16(11-5-1)19-22(20-17-12-6-2-7-13-17)21-18-14-8-3-9-15-18;1-8-6-4-2-3-5-7-8;2*1-2;/h1-15H;2-4,6,8H,5,7H2,1H3;;;/t;8-;;;/m.0.../s1. The van der Waals surface area contributed by atoms with Crippen molar-refractivity contribution in [3.8, 4) is 17.2 Å². The molecule has 182 valence electrons. The number of hydrogen-bond acceptors (Lipinski definition) is 3. The van der Waals surface area contributed by atoms with Gasteiger partial charge in [0.2, 0.25) is 0 Å². The molecule has 0 saturated heterocycles. The van der Waals surface area contributed by atoms with Gasteiger partial charge in [-0.3, -0.25) is 0 Å². The van der Waals surface area contributed by atoms with E-state index in [4.69, 9.17) is 22.9 Å². The Morgan fingerprint density at radius 1 is 0.657 bits per heavy atom. The Bertz CT molecular complexity index is 887. The van der Waals surface area contributed by atoms with Gasteiger partial charge in [-0.1, -0.05) is 85.8 Å². The van der Waals surface area contributed by atoms with Crippen molar-refractivity contribution in [2.24, 2.45) is 5.92 Å². The van der Waals surface area contributed by atoms with Gasteiger partial charge in [-0.2, -0.15) is 0 Å². The number of allylic oxidation sites excluding steroid dienone is 4. The van der Waals surface area contributed by atoms with Crippen molar-refractivity contribution in [3.63, 3.8) is 0 Å². The van der Waals surface area contributed by atoms with E-state index in [0.29, 0.717) is 17.2 Å². The molecule has 0 N–H and O–H groups in total. The van der Waals surface area contributed by atoms with Gasteiger partial charge in [0.05, 0.1) is 0 Å². The molecule has 35 heavy (non-hydrogen) atoms. The summed E-state index contributed by atoms with van der Waals surface area (Å²) in [5, 5.41) is 0. The molecule has 0 amide bonds. The average Bonchev–Trinajstić information content (AvgIpc) is 3.16. The summed E-state index contributed by atoms with van der Waals surface area (Å²) in [4.78, 5) is 0. The predicted octanol–water partition coefficient (Wildman–Crippen LogP) is 7.90. The van der Waals surface area contributed by atoms with Gasteiger partial charge >= 0.3 is 31.2 Å². The van der Waals surface area contributed by atoms with Gasteiger partial charge in [0.15, 0.2) is 0 Å². The Morgan fingerprint density at radius 2 is 1.03 bits per heavy atom. The van der Waals surface area contributed by atoms with Crippen molar-refractivity contribution in [2.45, 2.75) is 19.8 Å². The summed E-state index contributed by atoms with van der Waals surface area (Å²) in [6, 6.07) is 28.5. The van der Waals surface area contributed by atoms with Crippen LogP contribution in [0.1, 0.15) is 19.8 Å². The maximum Gasteiger partial charge on any atom is 0.530 e. The fourth-order valence-electron chi connectivity index (χ4n) is 2.64. The van der Waals surface area contributed by atoms with E-state index in [9.17, 15) is 0 Å². The summed E-state index contributed by atoms with van der Waals surface area (Å²) in [6.07, 6.45) is 11.3. The van der Waals surface area contributed by atoms with Crippen molar-refractivity contribution in [1.29, 1.82) is 0 Å². The molecule has 0 heterocycles. The molecule has 0 saturated carbocycles. The Hall–Kier alpha value is -3.03. The third-order valence-corrected chi connectivity index (χ3v) is 5.32. The van der Waals surface area contributed by atoms with Crippen LogP contribution in [-0.2, 0) is 26.4 Å². The van der Waals surface area contributed by atoms with E-state index in [0.717, 1.165) is 5.92 Å². The molecule has 4 rings (SSSR count). The number of hydrogen-bond donors (Lipinski definition) is 0. The maximum atomic E-state index is 7.50. The third-order valence-electron chi connectivity index (χ3n) is 4.24. The predicted molar refractivity (Wildman–Crippen MR) is 133 cm³/mol. The van der Waals surface area contributed by atoms with Crippen LogP contribution < -0.4 is 13.6 Å². The van der Waals surface area contributed by atoms with E-state index in [1.54, 1.807) is 0 Å². The smallest absolute Gasteiger partial charge is 0.409 e. The maximum absolute atomic E-state index is 7.50. The number of benzene rings is 3. The second-order valence-corrected chi connectivity index (χ2v) is 7.80. The molecule has 3 aromatic rings. The summed E-state index contributed by atoms with van der Waals surface area (Å²) in [6.45, 7) is 11.3. The zero-order valence-corrected chi connectivity index (χ0v) is 21.3. The molecular formula is C28H27FeO5P. The Labute approximate surface area is 219 Å². The van der Waals surface area contributed by atoms with Crippen LogP contribution in [0.5, 0.6) is 17.2 Å². The van der Waals surface area contributed by atoms with E-state index in [1.165, 1.54) is 12.8 Å². The molecule has 0 aromatic heterocycles. The molecule has 0 aliphatic heterocycles. The SMILES string of the molecule is C[C@H]1C=CC=CCC1.[C-]#[O+].[C-]#[O+].[Fe].c1ccc(OP(Oc2ccccc2)Oc2ccccc2)cc1. The van der Waals surface area contributed by atoms with E-state index < -0.39 is 8.60 Å². The van der Waals surface area contributed by atoms with Crippen LogP contribution >= 0.6 is 8.60 Å². The van der Waals surface area contributed by atoms with Crippen LogP contribution in [0, 0.1) is 19.2 Å². The summed E-state index contributed by atoms with van der Waals surface area (Å²) in [7, 11) is -1.59. The number of para-hydroxylation sites is 3. The van der Waals surface area contributed by atoms with Crippen molar-refractivity contribution >= 4 is 8.60 Å². The van der Waals surface area contributed by atoms with Gasteiger partial charge in [0.1, 0.15) is 17.2 Å². The van der Waals surface area contributed by atoms with Crippen LogP contribution in [0.15, 0.2) is 115 Å². The molecule has 0 bridgehead atoms. The van der Waals surface area contributed by atoms with Crippen LogP contribution in [-0.4, -0.2) is 0 Å². The molecule has 0 unspecified atom stereocenters. The minimum absolute atomic E-state index is 0. The Morgan fingerprint density at radius 3 is 1.40 bits per heavy atom. The third kappa shape index (κ3) is 14.8. The van der Waals surface area contributed by atoms with E-state index in [1.807, 2.05) is 91.0 Å². The molecule has 3 aromatic carbocycles. The first-order valence-electron chi connectivity index (χ1n) is 10.5. The van der Waals surface area contributed by atoms with Crippen molar-refractivity contribution in [3.05, 3.63) is 129 Å². The number of rotatable bonds is 6. The van der Waals surface area contributed by atoms with E-state index in [-0.39, 0.29) is 17.1 Å². The van der Waals surface area contributed by atoms with Crippen LogP contribution in [0.2, 0.25) is 0 Å². The Kier molecular flexibility index (Phi) is 19.6. The van der Waals surface area contributed by atoms with Crippen LogP contribution in [0.4, 0.5) is 0 Å². The summed E-state index contributed by atoms with van der Waals surface area (Å²) in [5.74, 6) is 2.91. The second-order valence-electron chi connectivity index (χ2n) is 6.80. The molecule has 1 aliphatic rings. The van der Waals surface area contributed by atoms with Gasteiger partial charge in [0, 0.05) is 17.1 Å². The van der Waals surface area contributed by atoms with Gasteiger partial charge < -0.3 is 13.6 Å². The zero-order chi connectivity index (χ0) is 24.9. The Balaban J connectivity index is 0.000000749. The summed E-state index contributed by atoms with van der Waals surface area (Å²) in [5.41, 5.74) is 0. The molecule has 0 radical (unpaired) electrons. The summed E-state index contributed by atoms with van der Waals surface area (Å²) >= 11 is 0. The fourth-order valence-corrected chi connectivity index (χ4v) is 3.64. The molecule has 0 spiro atoms. The van der Waals surface area contributed by atoms with Crippen molar-refractivity contribution in [1.82, 2.24) is 0 Å². The van der Waals surface area contributed by atoms with Gasteiger partial charge in [-0.25, -0.2) is 0 Å². The molecular weight excluding hydrogens is 503 g/mol. The quantitative estimate of drug-likeness (QED) is 0.141. The monoisotopic (exact) mass is 530 g/mol. The first-order chi connectivity index (χ1) is 16.8.